The van der Waals surface area contributed by atoms with Crippen molar-refractivity contribution in [2.45, 2.75) is 19.8 Å². The zero-order valence-electron chi connectivity index (χ0n) is 15.8. The maximum atomic E-state index is 12.6. The Morgan fingerprint density at radius 2 is 1.52 bits per heavy atom. The van der Waals surface area contributed by atoms with Gasteiger partial charge in [0.15, 0.2) is 0 Å². The summed E-state index contributed by atoms with van der Waals surface area (Å²) in [5, 5.41) is 0. The van der Waals surface area contributed by atoms with Crippen LogP contribution >= 0.6 is 0 Å². The number of carbonyl (C=O) groups is 2. The maximum Gasteiger partial charge on any atom is 0.253 e. The molecule has 0 radical (unpaired) electrons. The molecule has 2 amide bonds. The topological polar surface area (TPSA) is 49.9 Å². The largest absolute Gasteiger partial charge is 0.494 e. The first-order chi connectivity index (χ1) is 13.2. The molecule has 0 unspecified atom stereocenters. The number of hydrogen-bond acceptors (Lipinski definition) is 3. The SMILES string of the molecule is CCOc1ccc(C(=O)N2CCN(C(=O)CCc3ccccc3)CC2)cc1. The van der Waals surface area contributed by atoms with Crippen LogP contribution in [0.4, 0.5) is 0 Å². The lowest BCUT2D eigenvalue weighted by atomic mass is 10.1. The van der Waals surface area contributed by atoms with Crippen molar-refractivity contribution in [1.29, 1.82) is 0 Å². The van der Waals surface area contributed by atoms with Crippen molar-refractivity contribution in [3.63, 3.8) is 0 Å². The van der Waals surface area contributed by atoms with Crippen molar-refractivity contribution in [2.75, 3.05) is 32.8 Å². The molecule has 1 aliphatic heterocycles. The van der Waals surface area contributed by atoms with Crippen molar-refractivity contribution in [1.82, 2.24) is 9.80 Å². The molecule has 1 fully saturated rings. The Labute approximate surface area is 160 Å². The van der Waals surface area contributed by atoms with E-state index in [-0.39, 0.29) is 11.8 Å². The first-order valence-corrected chi connectivity index (χ1v) is 9.51. The van der Waals surface area contributed by atoms with Crippen LogP contribution in [0.5, 0.6) is 5.75 Å². The monoisotopic (exact) mass is 366 g/mol. The summed E-state index contributed by atoms with van der Waals surface area (Å²) in [5.41, 5.74) is 1.83. The summed E-state index contributed by atoms with van der Waals surface area (Å²) in [6.07, 6.45) is 1.27. The minimum Gasteiger partial charge on any atom is -0.494 e. The molecule has 3 rings (SSSR count). The lowest BCUT2D eigenvalue weighted by Gasteiger charge is -2.35. The van der Waals surface area contributed by atoms with Gasteiger partial charge in [0.05, 0.1) is 6.61 Å². The van der Waals surface area contributed by atoms with Gasteiger partial charge in [-0.1, -0.05) is 30.3 Å². The molecule has 2 aromatic rings. The molecule has 1 aliphatic rings. The van der Waals surface area contributed by atoms with Gasteiger partial charge in [0, 0.05) is 38.2 Å². The normalized spacial score (nSPS) is 14.1. The molecule has 0 N–H and O–H groups in total. The molecule has 0 atom stereocenters. The minimum atomic E-state index is 0.00873. The van der Waals surface area contributed by atoms with Gasteiger partial charge in [-0.05, 0) is 43.2 Å². The van der Waals surface area contributed by atoms with Crippen LogP contribution < -0.4 is 4.74 Å². The van der Waals surface area contributed by atoms with Gasteiger partial charge in [0.2, 0.25) is 5.91 Å². The van der Waals surface area contributed by atoms with E-state index in [1.54, 1.807) is 12.1 Å². The van der Waals surface area contributed by atoms with Gasteiger partial charge in [0.25, 0.3) is 5.91 Å². The van der Waals surface area contributed by atoms with Gasteiger partial charge in [-0.2, -0.15) is 0 Å². The number of carbonyl (C=O) groups excluding carboxylic acids is 2. The maximum absolute atomic E-state index is 12.6. The summed E-state index contributed by atoms with van der Waals surface area (Å²) >= 11 is 0. The zero-order chi connectivity index (χ0) is 19.1. The molecular weight excluding hydrogens is 340 g/mol. The average molecular weight is 366 g/mol. The number of rotatable bonds is 6. The van der Waals surface area contributed by atoms with Crippen LogP contribution in [0.1, 0.15) is 29.3 Å². The molecule has 142 valence electrons. The second kappa shape index (κ2) is 9.21. The van der Waals surface area contributed by atoms with E-state index in [0.29, 0.717) is 44.8 Å². The van der Waals surface area contributed by atoms with Gasteiger partial charge in [-0.25, -0.2) is 0 Å². The first-order valence-electron chi connectivity index (χ1n) is 9.51. The highest BCUT2D eigenvalue weighted by Crippen LogP contribution is 2.15. The highest BCUT2D eigenvalue weighted by atomic mass is 16.5. The lowest BCUT2D eigenvalue weighted by Crippen LogP contribution is -2.50. The van der Waals surface area contributed by atoms with Crippen LogP contribution in [0.3, 0.4) is 0 Å². The Bertz CT molecular complexity index is 751. The summed E-state index contributed by atoms with van der Waals surface area (Å²) in [6.45, 7) is 4.87. The van der Waals surface area contributed by atoms with E-state index >= 15 is 0 Å². The van der Waals surface area contributed by atoms with Gasteiger partial charge in [0.1, 0.15) is 5.75 Å². The van der Waals surface area contributed by atoms with E-state index in [1.807, 2.05) is 59.2 Å². The molecule has 0 aromatic heterocycles. The Morgan fingerprint density at radius 1 is 0.889 bits per heavy atom. The molecule has 0 bridgehead atoms. The number of aryl methyl sites for hydroxylation is 1. The first kappa shape index (κ1) is 19.0. The second-order valence-corrected chi connectivity index (χ2v) is 6.62. The van der Waals surface area contributed by atoms with Crippen molar-refractivity contribution >= 4 is 11.8 Å². The van der Waals surface area contributed by atoms with Gasteiger partial charge < -0.3 is 14.5 Å². The molecule has 0 spiro atoms. The molecule has 0 saturated carbocycles. The van der Waals surface area contributed by atoms with E-state index in [2.05, 4.69) is 0 Å². The van der Waals surface area contributed by atoms with Crippen LogP contribution in [0, 0.1) is 0 Å². The van der Waals surface area contributed by atoms with E-state index in [1.165, 1.54) is 5.56 Å². The fourth-order valence-corrected chi connectivity index (χ4v) is 3.26. The Hall–Kier alpha value is -2.82. The number of hydrogen-bond donors (Lipinski definition) is 0. The molecule has 1 saturated heterocycles. The Kier molecular flexibility index (Phi) is 6.47. The van der Waals surface area contributed by atoms with Gasteiger partial charge >= 0.3 is 0 Å². The molecular formula is C22H26N2O3. The number of ether oxygens (including phenoxy) is 1. The highest BCUT2D eigenvalue weighted by Gasteiger charge is 2.24. The molecule has 5 heteroatoms. The highest BCUT2D eigenvalue weighted by molar-refractivity contribution is 5.94. The van der Waals surface area contributed by atoms with Crippen LogP contribution in [-0.4, -0.2) is 54.4 Å². The van der Waals surface area contributed by atoms with Crippen molar-refractivity contribution in [3.8, 4) is 5.75 Å². The summed E-state index contributed by atoms with van der Waals surface area (Å²) in [5.74, 6) is 0.935. The average Bonchev–Trinajstić information content (AvgIpc) is 2.73. The van der Waals surface area contributed by atoms with Crippen molar-refractivity contribution in [3.05, 3.63) is 65.7 Å². The third-order valence-electron chi connectivity index (χ3n) is 4.80. The number of benzene rings is 2. The van der Waals surface area contributed by atoms with E-state index in [4.69, 9.17) is 4.74 Å². The predicted molar refractivity (Wildman–Crippen MR) is 105 cm³/mol. The Balaban J connectivity index is 1.47. The van der Waals surface area contributed by atoms with E-state index < -0.39 is 0 Å². The third-order valence-corrected chi connectivity index (χ3v) is 4.80. The van der Waals surface area contributed by atoms with Crippen LogP contribution in [0.15, 0.2) is 54.6 Å². The molecule has 0 aliphatic carbocycles. The van der Waals surface area contributed by atoms with Gasteiger partial charge in [-0.15, -0.1) is 0 Å². The molecule has 2 aromatic carbocycles. The summed E-state index contributed by atoms with van der Waals surface area (Å²) in [4.78, 5) is 28.7. The standard InChI is InChI=1S/C22H26N2O3/c1-2-27-20-11-9-19(10-12-20)22(26)24-16-14-23(15-17-24)21(25)13-8-18-6-4-3-5-7-18/h3-7,9-12H,2,8,13-17H2,1H3. The summed E-state index contributed by atoms with van der Waals surface area (Å²) < 4.78 is 5.41. The van der Waals surface area contributed by atoms with Crippen LogP contribution in [0.25, 0.3) is 0 Å². The summed E-state index contributed by atoms with van der Waals surface area (Å²) in [7, 11) is 0. The van der Waals surface area contributed by atoms with Crippen molar-refractivity contribution in [2.24, 2.45) is 0 Å². The number of amides is 2. The van der Waals surface area contributed by atoms with E-state index in [9.17, 15) is 9.59 Å². The molecule has 1 heterocycles. The van der Waals surface area contributed by atoms with E-state index in [0.717, 1.165) is 12.2 Å². The smallest absolute Gasteiger partial charge is 0.253 e. The fraction of sp³-hybridized carbons (Fsp3) is 0.364. The predicted octanol–water partition coefficient (Wildman–Crippen LogP) is 3.00. The van der Waals surface area contributed by atoms with Gasteiger partial charge in [-0.3, -0.25) is 9.59 Å². The fourth-order valence-electron chi connectivity index (χ4n) is 3.26. The van der Waals surface area contributed by atoms with Crippen LogP contribution in [0.2, 0.25) is 0 Å². The zero-order valence-corrected chi connectivity index (χ0v) is 15.8. The lowest BCUT2D eigenvalue weighted by molar-refractivity contribution is -0.132. The molecule has 27 heavy (non-hydrogen) atoms. The molecule has 5 nitrogen and oxygen atoms in total. The Morgan fingerprint density at radius 3 is 2.15 bits per heavy atom. The number of nitrogens with zero attached hydrogens (tertiary/aromatic N) is 2. The summed E-state index contributed by atoms with van der Waals surface area (Å²) in [6, 6.07) is 17.3. The second-order valence-electron chi connectivity index (χ2n) is 6.62. The quantitative estimate of drug-likeness (QED) is 0.790. The van der Waals surface area contributed by atoms with Crippen molar-refractivity contribution < 1.29 is 14.3 Å². The van der Waals surface area contributed by atoms with Crippen LogP contribution in [-0.2, 0) is 11.2 Å². The minimum absolute atomic E-state index is 0.00873. The third kappa shape index (κ3) is 5.09. The number of piperazine rings is 1.